The summed E-state index contributed by atoms with van der Waals surface area (Å²) in [6.07, 6.45) is 2.74. The van der Waals surface area contributed by atoms with E-state index in [1.807, 2.05) is 0 Å². The summed E-state index contributed by atoms with van der Waals surface area (Å²) in [4.78, 5) is 18.3. The Hall–Kier alpha value is -3.50. The number of aromatic nitrogens is 2. The second kappa shape index (κ2) is 9.33. The highest BCUT2D eigenvalue weighted by molar-refractivity contribution is 5.80. The molecule has 1 aliphatic rings. The van der Waals surface area contributed by atoms with Gasteiger partial charge in [0.15, 0.2) is 11.6 Å². The number of rotatable bonds is 6. The molecule has 1 N–H and O–H groups in total. The second-order valence-corrected chi connectivity index (χ2v) is 8.05. The van der Waals surface area contributed by atoms with Crippen molar-refractivity contribution in [2.75, 3.05) is 20.2 Å². The molecule has 7 heteroatoms. The molecule has 0 saturated carbocycles. The van der Waals surface area contributed by atoms with Crippen LogP contribution in [0, 0.1) is 23.1 Å². The molecule has 1 atom stereocenters. The van der Waals surface area contributed by atoms with E-state index in [4.69, 9.17) is 15.0 Å². The molecule has 1 aliphatic heterocycles. The number of hydrogen-bond acceptors (Lipinski definition) is 5. The predicted molar refractivity (Wildman–Crippen MR) is 121 cm³/mol. The lowest BCUT2D eigenvalue weighted by Gasteiger charge is -2.16. The molecule has 1 saturated heterocycles. The van der Waals surface area contributed by atoms with E-state index in [1.54, 1.807) is 41.9 Å². The van der Waals surface area contributed by atoms with Gasteiger partial charge in [0.1, 0.15) is 5.82 Å². The smallest absolute Gasteiger partial charge is 0.261 e. The first kappa shape index (κ1) is 21.7. The van der Waals surface area contributed by atoms with Gasteiger partial charge in [0.25, 0.3) is 5.56 Å². The average molecular weight is 432 g/mol. The number of ether oxygens (including phenoxy) is 1. The molecule has 2 heterocycles. The number of nitrogens with one attached hydrogen (secondary N) is 1. The Morgan fingerprint density at radius 2 is 2.00 bits per heavy atom. The Morgan fingerprint density at radius 1 is 1.25 bits per heavy atom. The Morgan fingerprint density at radius 3 is 2.62 bits per heavy atom. The minimum Gasteiger partial charge on any atom is -0.494 e. The van der Waals surface area contributed by atoms with Gasteiger partial charge in [-0.25, -0.2) is 9.37 Å². The van der Waals surface area contributed by atoms with Crippen LogP contribution in [0.15, 0.2) is 47.3 Å². The van der Waals surface area contributed by atoms with Crippen LogP contribution in [0.4, 0.5) is 4.39 Å². The van der Waals surface area contributed by atoms with Crippen molar-refractivity contribution < 1.29 is 9.13 Å². The molecule has 0 bridgehead atoms. The number of nitriles is 1. The summed E-state index contributed by atoms with van der Waals surface area (Å²) in [5.74, 6) is 0.829. The van der Waals surface area contributed by atoms with Crippen molar-refractivity contribution in [2.24, 2.45) is 13.0 Å². The standard InChI is InChI=1S/C25H25FN4O2/c1-30-22(10-5-17-11-12-28-15-17)29-24(18-6-3-16(14-27)4-7-18)23(25(30)31)19-8-9-21(32-2)20(26)13-19/h3-4,6-9,13,17,28H,5,10-12,15H2,1-2H3/t17-/m0/s1. The van der Waals surface area contributed by atoms with Gasteiger partial charge < -0.3 is 10.1 Å². The molecule has 3 aromatic rings. The van der Waals surface area contributed by atoms with Gasteiger partial charge in [-0.2, -0.15) is 5.26 Å². The quantitative estimate of drug-likeness (QED) is 0.643. The number of hydrogen-bond donors (Lipinski definition) is 1. The highest BCUT2D eigenvalue weighted by atomic mass is 19.1. The summed E-state index contributed by atoms with van der Waals surface area (Å²) in [6.45, 7) is 2.01. The van der Waals surface area contributed by atoms with E-state index in [9.17, 15) is 9.18 Å². The summed E-state index contributed by atoms with van der Waals surface area (Å²) >= 11 is 0. The number of benzene rings is 2. The first-order valence-corrected chi connectivity index (χ1v) is 10.7. The van der Waals surface area contributed by atoms with Crippen LogP contribution >= 0.6 is 0 Å². The highest BCUT2D eigenvalue weighted by Gasteiger charge is 2.21. The van der Waals surface area contributed by atoms with Crippen molar-refractivity contribution in [3.05, 3.63) is 70.0 Å². The summed E-state index contributed by atoms with van der Waals surface area (Å²) in [6, 6.07) is 13.5. The third kappa shape index (κ3) is 4.27. The zero-order chi connectivity index (χ0) is 22.7. The molecule has 0 amide bonds. The van der Waals surface area contributed by atoms with Crippen LogP contribution in [0.25, 0.3) is 22.4 Å². The average Bonchev–Trinajstić information content (AvgIpc) is 3.33. The fourth-order valence-electron chi connectivity index (χ4n) is 4.16. The molecule has 0 radical (unpaired) electrons. The fourth-order valence-corrected chi connectivity index (χ4v) is 4.16. The lowest BCUT2D eigenvalue weighted by molar-refractivity contribution is 0.386. The first-order valence-electron chi connectivity index (χ1n) is 10.7. The van der Waals surface area contributed by atoms with E-state index in [0.29, 0.717) is 46.1 Å². The summed E-state index contributed by atoms with van der Waals surface area (Å²) in [5, 5.41) is 12.5. The van der Waals surface area contributed by atoms with Crippen molar-refractivity contribution in [1.29, 1.82) is 5.26 Å². The van der Waals surface area contributed by atoms with Gasteiger partial charge in [0.05, 0.1) is 30.0 Å². The predicted octanol–water partition coefficient (Wildman–Crippen LogP) is 3.68. The Labute approximate surface area is 186 Å². The minimum absolute atomic E-state index is 0.111. The highest BCUT2D eigenvalue weighted by Crippen LogP contribution is 2.31. The van der Waals surface area contributed by atoms with Gasteiger partial charge in [-0.15, -0.1) is 0 Å². The molecule has 1 fully saturated rings. The van der Waals surface area contributed by atoms with Crippen molar-refractivity contribution in [3.63, 3.8) is 0 Å². The Bertz CT molecular complexity index is 1220. The van der Waals surface area contributed by atoms with Gasteiger partial charge in [-0.1, -0.05) is 18.2 Å². The number of nitrogens with zero attached hydrogens (tertiary/aromatic N) is 3. The molecule has 0 unspecified atom stereocenters. The maximum atomic E-state index is 14.5. The zero-order valence-corrected chi connectivity index (χ0v) is 18.2. The minimum atomic E-state index is -0.546. The fraction of sp³-hybridized carbons (Fsp3) is 0.320. The van der Waals surface area contributed by atoms with Crippen LogP contribution in [0.5, 0.6) is 5.75 Å². The zero-order valence-electron chi connectivity index (χ0n) is 18.2. The van der Waals surface area contributed by atoms with Crippen LogP contribution in [0.1, 0.15) is 24.2 Å². The van der Waals surface area contributed by atoms with Crippen LogP contribution in [0.2, 0.25) is 0 Å². The molecule has 1 aromatic heterocycles. The molecule has 4 rings (SSSR count). The second-order valence-electron chi connectivity index (χ2n) is 8.05. The van der Waals surface area contributed by atoms with Crippen molar-refractivity contribution >= 4 is 0 Å². The maximum absolute atomic E-state index is 14.5. The number of aryl methyl sites for hydroxylation is 1. The molecule has 32 heavy (non-hydrogen) atoms. The van der Waals surface area contributed by atoms with Gasteiger partial charge >= 0.3 is 0 Å². The van der Waals surface area contributed by atoms with Crippen molar-refractivity contribution in [2.45, 2.75) is 19.3 Å². The summed E-state index contributed by atoms with van der Waals surface area (Å²) in [7, 11) is 3.11. The number of halogens is 1. The van der Waals surface area contributed by atoms with Gasteiger partial charge in [0.2, 0.25) is 0 Å². The topological polar surface area (TPSA) is 79.9 Å². The van der Waals surface area contributed by atoms with Gasteiger partial charge in [-0.3, -0.25) is 9.36 Å². The van der Waals surface area contributed by atoms with Gasteiger partial charge in [-0.05, 0) is 61.7 Å². The van der Waals surface area contributed by atoms with Crippen LogP contribution in [-0.2, 0) is 13.5 Å². The van der Waals surface area contributed by atoms with Crippen LogP contribution in [-0.4, -0.2) is 29.8 Å². The maximum Gasteiger partial charge on any atom is 0.261 e. The van der Waals surface area contributed by atoms with Gasteiger partial charge in [0, 0.05) is 19.0 Å². The number of methoxy groups -OCH3 is 1. The van der Waals surface area contributed by atoms with Crippen molar-refractivity contribution in [1.82, 2.24) is 14.9 Å². The van der Waals surface area contributed by atoms with Crippen LogP contribution in [0.3, 0.4) is 0 Å². The van der Waals surface area contributed by atoms with E-state index >= 15 is 0 Å². The SMILES string of the molecule is COc1ccc(-c2c(-c3ccc(C#N)cc3)nc(CC[C@H]3CCNC3)n(C)c2=O)cc1F. The Balaban J connectivity index is 1.85. The summed E-state index contributed by atoms with van der Waals surface area (Å²) < 4.78 is 21.1. The molecule has 2 aromatic carbocycles. The third-order valence-corrected chi connectivity index (χ3v) is 6.05. The summed E-state index contributed by atoms with van der Waals surface area (Å²) in [5.41, 5.74) is 2.23. The lowest BCUT2D eigenvalue weighted by atomic mass is 9.98. The normalized spacial score (nSPS) is 15.5. The van der Waals surface area contributed by atoms with E-state index in [0.717, 1.165) is 25.9 Å². The van der Waals surface area contributed by atoms with E-state index < -0.39 is 5.82 Å². The first-order chi connectivity index (χ1) is 15.5. The molecular weight excluding hydrogens is 407 g/mol. The largest absolute Gasteiger partial charge is 0.494 e. The van der Waals surface area contributed by atoms with E-state index in [1.165, 1.54) is 19.2 Å². The molecular formula is C25H25FN4O2. The molecule has 164 valence electrons. The van der Waals surface area contributed by atoms with Crippen molar-refractivity contribution in [3.8, 4) is 34.2 Å². The lowest BCUT2D eigenvalue weighted by Crippen LogP contribution is -2.25. The Kier molecular flexibility index (Phi) is 6.33. The molecule has 0 aliphatic carbocycles. The van der Waals surface area contributed by atoms with E-state index in [2.05, 4.69) is 11.4 Å². The third-order valence-electron chi connectivity index (χ3n) is 6.05. The molecule has 6 nitrogen and oxygen atoms in total. The molecule has 0 spiro atoms. The van der Waals surface area contributed by atoms with E-state index in [-0.39, 0.29) is 11.3 Å². The monoisotopic (exact) mass is 432 g/mol. The van der Waals surface area contributed by atoms with Crippen LogP contribution < -0.4 is 15.6 Å².